The first-order valence-corrected chi connectivity index (χ1v) is 14.8. The van der Waals surface area contributed by atoms with E-state index in [1.807, 2.05) is 0 Å². The molecule has 1 nitrogen and oxygen atoms in total. The van der Waals surface area contributed by atoms with E-state index in [9.17, 15) is 0 Å². The second-order valence-corrected chi connectivity index (χ2v) is 12.0. The summed E-state index contributed by atoms with van der Waals surface area (Å²) in [6, 6.07) is 31.7. The van der Waals surface area contributed by atoms with Crippen molar-refractivity contribution >= 4 is 49.0 Å². The highest BCUT2D eigenvalue weighted by molar-refractivity contribution is 9.11. The number of hydrogen-bond acceptors (Lipinski definition) is 0. The average molecular weight is 579 g/mol. The highest BCUT2D eigenvalue weighted by atomic mass is 79.9. The van der Waals surface area contributed by atoms with Gasteiger partial charge in [0.1, 0.15) is 0 Å². The Kier molecular flexibility index (Phi) is 5.15. The SMILES string of the molecule is CC1=C2/C=C\C=C\C/C(Br)=C\C=C(/C)n3c4ccccc4c4ccc(c1c43)C21c2ccccc2-c2ccccc21. The van der Waals surface area contributed by atoms with Gasteiger partial charge in [-0.05, 0) is 75.9 Å². The summed E-state index contributed by atoms with van der Waals surface area (Å²) in [5.41, 5.74) is 14.3. The molecule has 0 saturated carbocycles. The van der Waals surface area contributed by atoms with E-state index in [1.54, 1.807) is 0 Å². The lowest BCUT2D eigenvalue weighted by atomic mass is 9.69. The van der Waals surface area contributed by atoms with Gasteiger partial charge in [0.05, 0.1) is 16.4 Å². The maximum atomic E-state index is 3.79. The Bertz CT molecular complexity index is 2010. The topological polar surface area (TPSA) is 4.93 Å². The number of aromatic nitrogens is 1. The Labute approximate surface area is 243 Å². The monoisotopic (exact) mass is 577 g/mol. The molecule has 2 heterocycles. The van der Waals surface area contributed by atoms with Crippen molar-refractivity contribution in [3.05, 3.63) is 154 Å². The molecule has 5 aromatic rings. The van der Waals surface area contributed by atoms with Crippen LogP contribution in [0.1, 0.15) is 42.5 Å². The Morgan fingerprint density at radius 2 is 1.40 bits per heavy atom. The first kappa shape index (κ1) is 23.7. The lowest BCUT2D eigenvalue weighted by Gasteiger charge is -2.31. The van der Waals surface area contributed by atoms with Gasteiger partial charge in [0.2, 0.25) is 0 Å². The molecule has 2 aliphatic carbocycles. The van der Waals surface area contributed by atoms with Crippen LogP contribution in [-0.4, -0.2) is 4.57 Å². The molecule has 0 N–H and O–H groups in total. The standard InChI is InChI=1S/C38H28BrN/c1-24-20-21-26(39)12-4-3-5-16-31-25(2)36-34(23-22-30-29-15-8-11-19-35(29)40(24)37(30)36)38(31)32-17-9-6-13-27(32)28-14-7-10-18-33(28)38/h3-11,13-23H,12H2,1-2H3/b4-3+,16-5-,24-20+,26-21+. The Morgan fingerprint density at radius 3 is 2.17 bits per heavy atom. The van der Waals surface area contributed by atoms with Crippen LogP contribution in [0, 0.1) is 0 Å². The third-order valence-corrected chi connectivity index (χ3v) is 9.65. The van der Waals surface area contributed by atoms with Gasteiger partial charge in [-0.1, -0.05) is 125 Å². The van der Waals surface area contributed by atoms with Crippen molar-refractivity contribution in [3.8, 4) is 11.1 Å². The van der Waals surface area contributed by atoms with Crippen molar-refractivity contribution in [2.45, 2.75) is 25.7 Å². The maximum Gasteiger partial charge on any atom is 0.0722 e. The molecule has 0 saturated heterocycles. The molecule has 0 unspecified atom stereocenters. The van der Waals surface area contributed by atoms with Crippen molar-refractivity contribution in [1.82, 2.24) is 4.57 Å². The highest BCUT2D eigenvalue weighted by Crippen LogP contribution is 2.63. The molecule has 2 heteroatoms. The molecule has 4 aromatic carbocycles. The van der Waals surface area contributed by atoms with E-state index in [1.165, 1.54) is 72.0 Å². The van der Waals surface area contributed by atoms with Crippen LogP contribution in [0.15, 0.2) is 131 Å². The molecule has 1 aliphatic heterocycles. The number of halogens is 1. The molecule has 1 aromatic heterocycles. The number of hydrogen-bond donors (Lipinski definition) is 0. The third-order valence-electron chi connectivity index (χ3n) is 9.06. The molecule has 192 valence electrons. The van der Waals surface area contributed by atoms with Gasteiger partial charge in [-0.15, -0.1) is 0 Å². The number of fused-ring (bicyclic) bond motifs is 10. The van der Waals surface area contributed by atoms with Gasteiger partial charge in [-0.3, -0.25) is 0 Å². The first-order chi connectivity index (χ1) is 19.6. The largest absolute Gasteiger partial charge is 0.313 e. The predicted octanol–water partition coefficient (Wildman–Crippen LogP) is 10.6. The van der Waals surface area contributed by atoms with Gasteiger partial charge in [0, 0.05) is 22.0 Å². The molecule has 3 aliphatic rings. The molecular formula is C38H28BrN. The molecule has 0 amide bonds. The highest BCUT2D eigenvalue weighted by Gasteiger charge is 2.52. The van der Waals surface area contributed by atoms with Crippen LogP contribution in [0.3, 0.4) is 0 Å². The summed E-state index contributed by atoms with van der Waals surface area (Å²) in [5, 5.41) is 2.59. The van der Waals surface area contributed by atoms with Crippen LogP contribution in [0.2, 0.25) is 0 Å². The summed E-state index contributed by atoms with van der Waals surface area (Å²) in [7, 11) is 0. The summed E-state index contributed by atoms with van der Waals surface area (Å²) in [6.07, 6.45) is 14.3. The van der Waals surface area contributed by atoms with Gasteiger partial charge in [0.25, 0.3) is 0 Å². The molecule has 40 heavy (non-hydrogen) atoms. The first-order valence-electron chi connectivity index (χ1n) is 14.0. The van der Waals surface area contributed by atoms with Gasteiger partial charge >= 0.3 is 0 Å². The van der Waals surface area contributed by atoms with Gasteiger partial charge in [-0.2, -0.15) is 0 Å². The van der Waals surface area contributed by atoms with Crippen molar-refractivity contribution in [2.24, 2.45) is 0 Å². The molecule has 0 radical (unpaired) electrons. The minimum absolute atomic E-state index is 0.358. The second kappa shape index (κ2) is 8.68. The lowest BCUT2D eigenvalue weighted by Crippen LogP contribution is -2.26. The number of para-hydroxylation sites is 1. The molecule has 2 bridgehead atoms. The van der Waals surface area contributed by atoms with Crippen LogP contribution in [0.5, 0.6) is 0 Å². The zero-order valence-electron chi connectivity index (χ0n) is 22.6. The van der Waals surface area contributed by atoms with E-state index in [2.05, 4.69) is 156 Å². The van der Waals surface area contributed by atoms with Crippen LogP contribution in [-0.2, 0) is 5.41 Å². The Hall–Kier alpha value is -4.14. The van der Waals surface area contributed by atoms with Crippen molar-refractivity contribution in [3.63, 3.8) is 0 Å². The zero-order valence-corrected chi connectivity index (χ0v) is 24.2. The van der Waals surface area contributed by atoms with Crippen molar-refractivity contribution in [1.29, 1.82) is 0 Å². The molecule has 8 rings (SSSR count). The number of nitrogens with zero attached hydrogens (tertiary/aromatic N) is 1. The Morgan fingerprint density at radius 1 is 0.700 bits per heavy atom. The molecular weight excluding hydrogens is 550 g/mol. The summed E-state index contributed by atoms with van der Waals surface area (Å²) in [4.78, 5) is 0. The molecule has 0 fully saturated rings. The van der Waals surface area contributed by atoms with Crippen LogP contribution in [0.25, 0.3) is 44.2 Å². The maximum absolute atomic E-state index is 3.79. The summed E-state index contributed by atoms with van der Waals surface area (Å²) in [5.74, 6) is 0. The normalized spacial score (nSPS) is 21.2. The van der Waals surface area contributed by atoms with Gasteiger partial charge < -0.3 is 4.57 Å². The fourth-order valence-electron chi connectivity index (χ4n) is 7.51. The lowest BCUT2D eigenvalue weighted by molar-refractivity contribution is 0.786. The third kappa shape index (κ3) is 2.97. The zero-order chi connectivity index (χ0) is 27.0. The minimum Gasteiger partial charge on any atom is -0.313 e. The van der Waals surface area contributed by atoms with E-state index >= 15 is 0 Å². The fourth-order valence-corrected chi connectivity index (χ4v) is 7.83. The predicted molar refractivity (Wildman–Crippen MR) is 174 cm³/mol. The second-order valence-electron chi connectivity index (χ2n) is 11.0. The summed E-state index contributed by atoms with van der Waals surface area (Å²) >= 11 is 3.79. The van der Waals surface area contributed by atoms with E-state index in [4.69, 9.17) is 0 Å². The van der Waals surface area contributed by atoms with E-state index in [-0.39, 0.29) is 5.41 Å². The van der Waals surface area contributed by atoms with Crippen molar-refractivity contribution < 1.29 is 0 Å². The van der Waals surface area contributed by atoms with Crippen LogP contribution < -0.4 is 0 Å². The van der Waals surface area contributed by atoms with Crippen molar-refractivity contribution in [2.75, 3.05) is 0 Å². The van der Waals surface area contributed by atoms with Crippen LogP contribution in [0.4, 0.5) is 0 Å². The number of benzene rings is 4. The van der Waals surface area contributed by atoms with E-state index in [0.717, 1.165) is 10.9 Å². The smallest absolute Gasteiger partial charge is 0.0722 e. The molecule has 0 atom stereocenters. The number of allylic oxidation sites excluding steroid dienone is 10. The Balaban J connectivity index is 1.61. The summed E-state index contributed by atoms with van der Waals surface area (Å²) < 4.78 is 3.64. The molecule has 1 spiro atoms. The quantitative estimate of drug-likeness (QED) is 0.172. The van der Waals surface area contributed by atoms with E-state index < -0.39 is 0 Å². The fraction of sp³-hybridized carbons (Fsp3) is 0.105. The van der Waals surface area contributed by atoms with Gasteiger partial charge in [0.15, 0.2) is 0 Å². The van der Waals surface area contributed by atoms with E-state index in [0.29, 0.717) is 0 Å². The summed E-state index contributed by atoms with van der Waals surface area (Å²) in [6.45, 7) is 4.57. The van der Waals surface area contributed by atoms with Crippen LogP contribution >= 0.6 is 15.9 Å². The average Bonchev–Trinajstić information content (AvgIpc) is 3.57. The van der Waals surface area contributed by atoms with Gasteiger partial charge in [-0.25, -0.2) is 0 Å². The minimum atomic E-state index is -0.358. The number of rotatable bonds is 0.